The lowest BCUT2D eigenvalue weighted by Crippen LogP contribution is -2.42. The molecule has 1 rings (SSSR count). The molecule has 18 heavy (non-hydrogen) atoms. The minimum absolute atomic E-state index is 0.165. The van der Waals surface area contributed by atoms with Crippen LogP contribution in [0.25, 0.3) is 0 Å². The first-order chi connectivity index (χ1) is 8.62. The van der Waals surface area contributed by atoms with E-state index in [1.165, 1.54) is 14.2 Å². The minimum atomic E-state index is -0.472. The standard InChI is InChI=1S/C10H16Cl2N4O2/c1-4-10(5-11,6-12)16-7-13-8(17-2)15-9(14-7)18-3/h4-6H2,1-3H3,(H,13,14,15,16). The SMILES string of the molecule is CCC(CCl)(CCl)Nc1nc(OC)nc(OC)n1. The predicted octanol–water partition coefficient (Wildman–Crippen LogP) is 1.93. The lowest BCUT2D eigenvalue weighted by atomic mass is 10.0. The van der Waals surface area contributed by atoms with E-state index in [0.29, 0.717) is 17.7 Å². The maximum Gasteiger partial charge on any atom is 0.324 e. The third-order valence-corrected chi connectivity index (χ3v) is 3.55. The molecule has 0 bridgehead atoms. The Kier molecular flexibility index (Phi) is 5.68. The molecule has 0 fully saturated rings. The Bertz CT molecular complexity index is 358. The third kappa shape index (κ3) is 3.49. The molecule has 1 aromatic rings. The van der Waals surface area contributed by atoms with Crippen LogP contribution >= 0.6 is 23.2 Å². The number of nitrogens with one attached hydrogen (secondary N) is 1. The number of hydrogen-bond donors (Lipinski definition) is 1. The van der Waals surface area contributed by atoms with E-state index < -0.39 is 5.54 Å². The molecule has 102 valence electrons. The average Bonchev–Trinajstić information content (AvgIpc) is 2.44. The van der Waals surface area contributed by atoms with Crippen LogP contribution in [0, 0.1) is 0 Å². The van der Waals surface area contributed by atoms with Gasteiger partial charge in [-0.2, -0.15) is 9.97 Å². The van der Waals surface area contributed by atoms with E-state index >= 15 is 0 Å². The van der Waals surface area contributed by atoms with E-state index in [0.717, 1.165) is 6.42 Å². The lowest BCUT2D eigenvalue weighted by Gasteiger charge is -2.29. The molecule has 0 aromatic carbocycles. The molecule has 0 saturated carbocycles. The van der Waals surface area contributed by atoms with Gasteiger partial charge < -0.3 is 14.8 Å². The largest absolute Gasteiger partial charge is 0.467 e. The minimum Gasteiger partial charge on any atom is -0.467 e. The number of halogens is 2. The van der Waals surface area contributed by atoms with Crippen LogP contribution in [0.5, 0.6) is 12.0 Å². The van der Waals surface area contributed by atoms with Crippen molar-refractivity contribution in [3.05, 3.63) is 0 Å². The highest BCUT2D eigenvalue weighted by atomic mass is 35.5. The van der Waals surface area contributed by atoms with Crippen LogP contribution < -0.4 is 14.8 Å². The van der Waals surface area contributed by atoms with Gasteiger partial charge in [0, 0.05) is 11.8 Å². The Morgan fingerprint density at radius 1 is 1.06 bits per heavy atom. The zero-order valence-electron chi connectivity index (χ0n) is 10.5. The van der Waals surface area contributed by atoms with Gasteiger partial charge in [0.1, 0.15) is 0 Å². The van der Waals surface area contributed by atoms with E-state index in [1.54, 1.807) is 0 Å². The quantitative estimate of drug-likeness (QED) is 0.775. The van der Waals surface area contributed by atoms with Crippen molar-refractivity contribution in [1.82, 2.24) is 15.0 Å². The molecule has 8 heteroatoms. The first-order valence-corrected chi connectivity index (χ1v) is 6.44. The summed E-state index contributed by atoms with van der Waals surface area (Å²) < 4.78 is 9.93. The number of rotatable bonds is 7. The van der Waals surface area contributed by atoms with Gasteiger partial charge in [-0.15, -0.1) is 28.2 Å². The van der Waals surface area contributed by atoms with Crippen molar-refractivity contribution in [2.24, 2.45) is 0 Å². The lowest BCUT2D eigenvalue weighted by molar-refractivity contribution is 0.340. The fourth-order valence-electron chi connectivity index (χ4n) is 1.19. The number of alkyl halides is 2. The summed E-state index contributed by atoms with van der Waals surface area (Å²) in [6, 6.07) is 0.331. The molecule has 1 heterocycles. The first kappa shape index (κ1) is 15.0. The highest BCUT2D eigenvalue weighted by molar-refractivity contribution is 6.22. The summed E-state index contributed by atoms with van der Waals surface area (Å²) in [5.41, 5.74) is -0.472. The normalized spacial score (nSPS) is 11.2. The third-order valence-electron chi connectivity index (χ3n) is 2.52. The molecule has 0 aliphatic carbocycles. The van der Waals surface area contributed by atoms with Gasteiger partial charge in [0.2, 0.25) is 5.95 Å². The van der Waals surface area contributed by atoms with Gasteiger partial charge >= 0.3 is 12.0 Å². The molecule has 0 spiro atoms. The van der Waals surface area contributed by atoms with Gasteiger partial charge in [0.05, 0.1) is 19.8 Å². The molecule has 1 aromatic heterocycles. The van der Waals surface area contributed by atoms with Crippen LogP contribution in [0.15, 0.2) is 0 Å². The highest BCUT2D eigenvalue weighted by Crippen LogP contribution is 2.22. The second kappa shape index (κ2) is 6.80. The van der Waals surface area contributed by atoms with Gasteiger partial charge in [0.15, 0.2) is 0 Å². The summed E-state index contributed by atoms with van der Waals surface area (Å²) in [6.07, 6.45) is 0.732. The molecule has 0 amide bonds. The Hall–Kier alpha value is -1.01. The van der Waals surface area contributed by atoms with Gasteiger partial charge in [-0.1, -0.05) is 6.92 Å². The van der Waals surface area contributed by atoms with Crippen LogP contribution in [0.4, 0.5) is 5.95 Å². The fourth-order valence-corrected chi connectivity index (χ4v) is 1.99. The van der Waals surface area contributed by atoms with Crippen LogP contribution in [0.1, 0.15) is 13.3 Å². The molecule has 0 aliphatic rings. The number of methoxy groups -OCH3 is 2. The first-order valence-electron chi connectivity index (χ1n) is 5.37. The smallest absolute Gasteiger partial charge is 0.324 e. The van der Waals surface area contributed by atoms with Crippen molar-refractivity contribution in [3.8, 4) is 12.0 Å². The van der Waals surface area contributed by atoms with Gasteiger partial charge in [-0.3, -0.25) is 0 Å². The van der Waals surface area contributed by atoms with Crippen LogP contribution in [-0.2, 0) is 0 Å². The van der Waals surface area contributed by atoms with Crippen molar-refractivity contribution >= 4 is 29.2 Å². The van der Waals surface area contributed by atoms with Crippen molar-refractivity contribution < 1.29 is 9.47 Å². The second-order valence-corrected chi connectivity index (χ2v) is 4.19. The van der Waals surface area contributed by atoms with E-state index in [9.17, 15) is 0 Å². The van der Waals surface area contributed by atoms with Gasteiger partial charge in [0.25, 0.3) is 0 Å². The summed E-state index contributed by atoms with van der Waals surface area (Å²) in [7, 11) is 2.93. The molecule has 0 saturated heterocycles. The summed E-state index contributed by atoms with van der Waals surface area (Å²) in [5, 5.41) is 3.10. The van der Waals surface area contributed by atoms with E-state index in [-0.39, 0.29) is 12.0 Å². The number of hydrogen-bond acceptors (Lipinski definition) is 6. The van der Waals surface area contributed by atoms with E-state index in [1.807, 2.05) is 6.92 Å². The maximum absolute atomic E-state index is 5.94. The molecular formula is C10H16Cl2N4O2. The topological polar surface area (TPSA) is 69.2 Å². The number of aromatic nitrogens is 3. The summed E-state index contributed by atoms with van der Waals surface area (Å²) in [4.78, 5) is 12.1. The monoisotopic (exact) mass is 294 g/mol. The van der Waals surface area contributed by atoms with Crippen LogP contribution in [-0.4, -0.2) is 46.5 Å². The van der Waals surface area contributed by atoms with Gasteiger partial charge in [-0.05, 0) is 6.42 Å². The molecule has 0 atom stereocenters. The van der Waals surface area contributed by atoms with Crippen LogP contribution in [0.3, 0.4) is 0 Å². The molecule has 0 unspecified atom stereocenters. The fraction of sp³-hybridized carbons (Fsp3) is 0.700. The maximum atomic E-state index is 5.94. The van der Waals surface area contributed by atoms with Crippen LogP contribution in [0.2, 0.25) is 0 Å². The number of nitrogens with zero attached hydrogens (tertiary/aromatic N) is 3. The Morgan fingerprint density at radius 2 is 1.56 bits per heavy atom. The Labute approximate surface area is 116 Å². The van der Waals surface area contributed by atoms with Crippen molar-refractivity contribution in [3.63, 3.8) is 0 Å². The van der Waals surface area contributed by atoms with E-state index in [2.05, 4.69) is 20.3 Å². The highest BCUT2D eigenvalue weighted by Gasteiger charge is 2.27. The molecule has 1 N–H and O–H groups in total. The molecular weight excluding hydrogens is 279 g/mol. The zero-order valence-corrected chi connectivity index (χ0v) is 12.0. The molecule has 0 radical (unpaired) electrons. The summed E-state index contributed by atoms with van der Waals surface area (Å²) in [5.74, 6) is 0.994. The Morgan fingerprint density at radius 3 is 1.89 bits per heavy atom. The Balaban J connectivity index is 3.01. The van der Waals surface area contributed by atoms with E-state index in [4.69, 9.17) is 32.7 Å². The molecule has 0 aliphatic heterocycles. The average molecular weight is 295 g/mol. The predicted molar refractivity (Wildman–Crippen MR) is 71.0 cm³/mol. The number of ether oxygens (including phenoxy) is 2. The van der Waals surface area contributed by atoms with Crippen molar-refractivity contribution in [2.45, 2.75) is 18.9 Å². The van der Waals surface area contributed by atoms with Crippen molar-refractivity contribution in [1.29, 1.82) is 0 Å². The summed E-state index contributed by atoms with van der Waals surface area (Å²) in [6.45, 7) is 1.98. The summed E-state index contributed by atoms with van der Waals surface area (Å²) >= 11 is 11.9. The molecule has 6 nitrogen and oxygen atoms in total. The van der Waals surface area contributed by atoms with Gasteiger partial charge in [-0.25, -0.2) is 0 Å². The second-order valence-electron chi connectivity index (χ2n) is 3.66. The van der Waals surface area contributed by atoms with Crippen molar-refractivity contribution in [2.75, 3.05) is 31.3 Å². The number of anilines is 1. The zero-order chi connectivity index (χ0) is 13.6.